The number of nitro benzene ring substituents is 1. The number of hydrogen-bond acceptors (Lipinski definition) is 7. The zero-order valence-corrected chi connectivity index (χ0v) is 15.5. The van der Waals surface area contributed by atoms with Gasteiger partial charge in [0.05, 0.1) is 11.3 Å². The van der Waals surface area contributed by atoms with E-state index >= 15 is 0 Å². The van der Waals surface area contributed by atoms with E-state index in [2.05, 4.69) is 15.8 Å². The lowest BCUT2D eigenvalue weighted by Crippen LogP contribution is -2.21. The fourth-order valence-electron chi connectivity index (χ4n) is 2.57. The van der Waals surface area contributed by atoms with E-state index in [0.717, 1.165) is 6.07 Å². The van der Waals surface area contributed by atoms with Crippen LogP contribution < -0.4 is 20.2 Å². The van der Waals surface area contributed by atoms with E-state index in [1.807, 2.05) is 0 Å². The number of carbonyl (C=O) groups is 2. The van der Waals surface area contributed by atoms with E-state index in [-0.39, 0.29) is 23.6 Å². The van der Waals surface area contributed by atoms with Crippen LogP contribution in [0.2, 0.25) is 0 Å². The van der Waals surface area contributed by atoms with E-state index < -0.39 is 10.8 Å². The summed E-state index contributed by atoms with van der Waals surface area (Å²) in [7, 11) is 0. The van der Waals surface area contributed by atoms with Crippen LogP contribution in [0.3, 0.4) is 0 Å². The first-order chi connectivity index (χ1) is 13.9. The number of ether oxygens (including phenoxy) is 2. The average Bonchev–Trinajstić information content (AvgIpc) is 2.72. The Hall–Kier alpha value is -3.95. The van der Waals surface area contributed by atoms with Crippen molar-refractivity contribution in [1.82, 2.24) is 5.43 Å². The lowest BCUT2D eigenvalue weighted by molar-refractivity contribution is -0.384. The molecule has 3 rings (SSSR count). The van der Waals surface area contributed by atoms with Crippen molar-refractivity contribution < 1.29 is 24.0 Å². The molecule has 1 aliphatic rings. The van der Waals surface area contributed by atoms with Crippen LogP contribution in [0.15, 0.2) is 47.6 Å². The summed E-state index contributed by atoms with van der Waals surface area (Å²) in [5.74, 6) is 0.243. The van der Waals surface area contributed by atoms with Crippen molar-refractivity contribution in [3.8, 4) is 11.5 Å². The highest BCUT2D eigenvalue weighted by Gasteiger charge is 2.14. The summed E-state index contributed by atoms with van der Waals surface area (Å²) < 4.78 is 10.9. The maximum Gasteiger partial charge on any atom is 0.271 e. The minimum atomic E-state index is -0.611. The van der Waals surface area contributed by atoms with Crippen LogP contribution in [0.25, 0.3) is 0 Å². The molecule has 2 aromatic rings. The number of nitrogens with one attached hydrogen (secondary N) is 2. The maximum absolute atomic E-state index is 12.2. The number of nitro groups is 1. The summed E-state index contributed by atoms with van der Waals surface area (Å²) in [4.78, 5) is 34.4. The zero-order valence-electron chi connectivity index (χ0n) is 15.5. The second-order valence-corrected chi connectivity index (χ2v) is 6.18. The number of anilines is 1. The normalized spacial score (nSPS) is 12.8. The predicted octanol–water partition coefficient (Wildman–Crippen LogP) is 2.50. The Morgan fingerprint density at radius 2 is 1.90 bits per heavy atom. The topological polar surface area (TPSA) is 132 Å². The molecule has 0 bridgehead atoms. The third-order valence-electron chi connectivity index (χ3n) is 3.91. The van der Waals surface area contributed by atoms with Crippen LogP contribution >= 0.6 is 0 Å². The zero-order chi connectivity index (χ0) is 20.8. The fourth-order valence-corrected chi connectivity index (χ4v) is 2.57. The van der Waals surface area contributed by atoms with Crippen molar-refractivity contribution >= 4 is 28.9 Å². The van der Waals surface area contributed by atoms with E-state index in [0.29, 0.717) is 36.1 Å². The van der Waals surface area contributed by atoms with Gasteiger partial charge in [0.2, 0.25) is 5.91 Å². The Morgan fingerprint density at radius 1 is 1.14 bits per heavy atom. The molecule has 0 unspecified atom stereocenters. The molecule has 0 aliphatic carbocycles. The monoisotopic (exact) mass is 398 g/mol. The van der Waals surface area contributed by atoms with Crippen LogP contribution in [0.4, 0.5) is 11.4 Å². The fraction of sp³-hybridized carbons (Fsp3) is 0.211. The molecule has 0 spiro atoms. The van der Waals surface area contributed by atoms with Crippen LogP contribution in [0.5, 0.6) is 11.5 Å². The quantitative estimate of drug-likeness (QED) is 0.436. The van der Waals surface area contributed by atoms with Gasteiger partial charge in [-0.3, -0.25) is 19.7 Å². The molecule has 150 valence electrons. The first-order valence-electron chi connectivity index (χ1n) is 8.70. The minimum absolute atomic E-state index is 0.0519. The second kappa shape index (κ2) is 8.83. The Morgan fingerprint density at radius 3 is 2.66 bits per heavy atom. The number of rotatable bonds is 6. The van der Waals surface area contributed by atoms with Crippen LogP contribution in [-0.4, -0.2) is 35.7 Å². The Labute approximate surface area is 165 Å². The van der Waals surface area contributed by atoms with Crippen LogP contribution in [0.1, 0.15) is 23.7 Å². The Balaban J connectivity index is 1.55. The summed E-state index contributed by atoms with van der Waals surface area (Å²) in [6.07, 6.45) is -0.0519. The number of nitrogens with zero attached hydrogens (tertiary/aromatic N) is 2. The molecule has 1 heterocycles. The molecule has 0 atom stereocenters. The van der Waals surface area contributed by atoms with Gasteiger partial charge in [-0.1, -0.05) is 6.07 Å². The second-order valence-electron chi connectivity index (χ2n) is 6.18. The van der Waals surface area contributed by atoms with Crippen molar-refractivity contribution in [3.05, 3.63) is 58.1 Å². The number of carbonyl (C=O) groups excluding carboxylic acids is 2. The van der Waals surface area contributed by atoms with Gasteiger partial charge in [-0.15, -0.1) is 0 Å². The van der Waals surface area contributed by atoms with E-state index in [4.69, 9.17) is 9.47 Å². The highest BCUT2D eigenvalue weighted by molar-refractivity contribution is 6.06. The molecule has 0 saturated carbocycles. The third kappa shape index (κ3) is 5.28. The number of non-ortho nitro benzene ring substituents is 1. The molecular weight excluding hydrogens is 380 g/mol. The van der Waals surface area contributed by atoms with E-state index in [1.54, 1.807) is 25.1 Å². The van der Waals surface area contributed by atoms with Gasteiger partial charge in [0.1, 0.15) is 13.2 Å². The molecule has 1 aliphatic heterocycles. The van der Waals surface area contributed by atoms with Crippen LogP contribution in [0, 0.1) is 10.1 Å². The number of benzene rings is 2. The van der Waals surface area contributed by atoms with E-state index in [1.165, 1.54) is 18.2 Å². The molecule has 10 nitrogen and oxygen atoms in total. The molecular formula is C19H18N4O6. The third-order valence-corrected chi connectivity index (χ3v) is 3.91. The van der Waals surface area contributed by atoms with Gasteiger partial charge < -0.3 is 14.8 Å². The van der Waals surface area contributed by atoms with Crippen molar-refractivity contribution in [1.29, 1.82) is 0 Å². The molecule has 2 N–H and O–H groups in total. The van der Waals surface area contributed by atoms with E-state index in [9.17, 15) is 19.7 Å². The maximum atomic E-state index is 12.2. The van der Waals surface area contributed by atoms with Gasteiger partial charge in [-0.2, -0.15) is 5.10 Å². The van der Waals surface area contributed by atoms with Gasteiger partial charge in [-0.25, -0.2) is 5.43 Å². The first kappa shape index (κ1) is 19.8. The minimum Gasteiger partial charge on any atom is -0.486 e. The van der Waals surface area contributed by atoms with Gasteiger partial charge in [0.25, 0.3) is 11.6 Å². The van der Waals surface area contributed by atoms with Crippen molar-refractivity contribution in [2.24, 2.45) is 5.10 Å². The van der Waals surface area contributed by atoms with Crippen molar-refractivity contribution in [3.63, 3.8) is 0 Å². The average molecular weight is 398 g/mol. The van der Waals surface area contributed by atoms with Gasteiger partial charge in [0, 0.05) is 35.2 Å². The molecule has 0 radical (unpaired) electrons. The van der Waals surface area contributed by atoms with Crippen molar-refractivity contribution in [2.75, 3.05) is 18.5 Å². The Bertz CT molecular complexity index is 988. The number of amides is 2. The first-order valence-corrected chi connectivity index (χ1v) is 8.70. The summed E-state index contributed by atoms with van der Waals surface area (Å²) in [6.45, 7) is 2.51. The molecule has 29 heavy (non-hydrogen) atoms. The Kier molecular flexibility index (Phi) is 6.03. The smallest absolute Gasteiger partial charge is 0.271 e. The summed E-state index contributed by atoms with van der Waals surface area (Å²) in [6, 6.07) is 10.4. The predicted molar refractivity (Wildman–Crippen MR) is 104 cm³/mol. The highest BCUT2D eigenvalue weighted by Crippen LogP contribution is 2.32. The van der Waals surface area contributed by atoms with Gasteiger partial charge in [0.15, 0.2) is 11.5 Å². The van der Waals surface area contributed by atoms with Crippen molar-refractivity contribution in [2.45, 2.75) is 13.3 Å². The number of hydrogen-bond donors (Lipinski definition) is 2. The standard InChI is InChI=1S/C19H18N4O6/c1-12(21-22-19(25)13-3-2-4-15(10-13)23(26)27)9-18(24)20-14-5-6-16-17(11-14)29-8-7-28-16/h2-6,10-11H,7-9H2,1H3,(H,20,24)(H,22,25)/b21-12+. The summed E-state index contributed by atoms with van der Waals surface area (Å²) in [5, 5.41) is 17.4. The van der Waals surface area contributed by atoms with Crippen LogP contribution in [-0.2, 0) is 4.79 Å². The number of hydrazone groups is 1. The van der Waals surface area contributed by atoms with Gasteiger partial charge in [-0.05, 0) is 25.1 Å². The molecule has 0 aromatic heterocycles. The molecule has 10 heteroatoms. The lowest BCUT2D eigenvalue weighted by atomic mass is 10.2. The molecule has 2 amide bonds. The highest BCUT2D eigenvalue weighted by atomic mass is 16.6. The van der Waals surface area contributed by atoms with Gasteiger partial charge >= 0.3 is 0 Å². The number of fused-ring (bicyclic) bond motifs is 1. The molecule has 2 aromatic carbocycles. The molecule has 0 fully saturated rings. The summed E-state index contributed by atoms with van der Waals surface area (Å²) >= 11 is 0. The summed E-state index contributed by atoms with van der Waals surface area (Å²) in [5.41, 5.74) is 3.09. The molecule has 0 saturated heterocycles. The largest absolute Gasteiger partial charge is 0.486 e. The SMILES string of the molecule is C/C(CC(=O)Nc1ccc2c(c1)OCCO2)=N\NC(=O)c1cccc([N+](=O)[O-])c1. The lowest BCUT2D eigenvalue weighted by Gasteiger charge is -2.19.